The zero-order valence-corrected chi connectivity index (χ0v) is 12.8. The van der Waals surface area contributed by atoms with Gasteiger partial charge in [-0.1, -0.05) is 47.5 Å². The minimum Gasteiger partial charge on any atom is -0.464 e. The Kier molecular flexibility index (Phi) is 3.80. The first kappa shape index (κ1) is 13.9. The largest absolute Gasteiger partial charge is 0.464 e. The summed E-state index contributed by atoms with van der Waals surface area (Å²) in [6, 6.07) is 15.2. The molecule has 2 heteroatoms. The van der Waals surface area contributed by atoms with E-state index in [0.29, 0.717) is 0 Å². The van der Waals surface area contributed by atoms with Crippen molar-refractivity contribution in [3.8, 4) is 0 Å². The maximum atomic E-state index is 5.68. The molecule has 0 aliphatic rings. The number of hydrogen-bond donors (Lipinski definition) is 1. The van der Waals surface area contributed by atoms with Gasteiger partial charge in [-0.2, -0.15) is 0 Å². The number of nitrogens with one attached hydrogen (secondary N) is 1. The third kappa shape index (κ3) is 2.86. The number of fused-ring (bicyclic) bond motifs is 1. The molecule has 0 bridgehead atoms. The molecular formula is C19H21NO. The molecule has 1 aromatic heterocycles. The van der Waals surface area contributed by atoms with Crippen molar-refractivity contribution in [2.45, 2.75) is 26.3 Å². The van der Waals surface area contributed by atoms with Crippen LogP contribution < -0.4 is 5.32 Å². The first-order chi connectivity index (χ1) is 10.2. The fourth-order valence-electron chi connectivity index (χ4n) is 3.06. The van der Waals surface area contributed by atoms with Gasteiger partial charge in [0.05, 0.1) is 6.26 Å². The lowest BCUT2D eigenvalue weighted by molar-refractivity contribution is 0.563. The van der Waals surface area contributed by atoms with Gasteiger partial charge in [0.2, 0.25) is 0 Å². The van der Waals surface area contributed by atoms with Crippen LogP contribution in [0.3, 0.4) is 0 Å². The molecule has 0 aliphatic heterocycles. The Morgan fingerprint density at radius 3 is 2.48 bits per heavy atom. The van der Waals surface area contributed by atoms with Crippen LogP contribution in [0.15, 0.2) is 53.1 Å². The highest BCUT2D eigenvalue weighted by Crippen LogP contribution is 2.28. The van der Waals surface area contributed by atoms with Crippen molar-refractivity contribution in [3.63, 3.8) is 0 Å². The monoisotopic (exact) mass is 279 g/mol. The maximum absolute atomic E-state index is 5.68. The summed E-state index contributed by atoms with van der Waals surface area (Å²) in [6.07, 6.45) is 2.84. The minimum atomic E-state index is 0.259. The minimum absolute atomic E-state index is 0.259. The van der Waals surface area contributed by atoms with Gasteiger partial charge in [0, 0.05) is 17.0 Å². The Labute approximate surface area is 125 Å². The van der Waals surface area contributed by atoms with E-state index in [2.05, 4.69) is 49.5 Å². The lowest BCUT2D eigenvalue weighted by Crippen LogP contribution is -2.18. The average molecular weight is 279 g/mol. The van der Waals surface area contributed by atoms with Gasteiger partial charge >= 0.3 is 0 Å². The maximum Gasteiger partial charge on any atom is 0.134 e. The van der Waals surface area contributed by atoms with E-state index in [1.54, 1.807) is 0 Å². The smallest absolute Gasteiger partial charge is 0.134 e. The topological polar surface area (TPSA) is 25.2 Å². The SMILES string of the molecule is CNC(Cc1cc(C)cc(C)c1)c1coc2ccccc12. The van der Waals surface area contributed by atoms with Crippen LogP contribution in [0.4, 0.5) is 0 Å². The number of furan rings is 1. The molecule has 0 radical (unpaired) electrons. The highest BCUT2D eigenvalue weighted by atomic mass is 16.3. The number of para-hydroxylation sites is 1. The van der Waals surface area contributed by atoms with Gasteiger partial charge < -0.3 is 9.73 Å². The molecule has 0 spiro atoms. The van der Waals surface area contributed by atoms with E-state index in [-0.39, 0.29) is 6.04 Å². The van der Waals surface area contributed by atoms with E-state index < -0.39 is 0 Å². The molecule has 0 saturated carbocycles. The fraction of sp³-hybridized carbons (Fsp3) is 0.263. The van der Waals surface area contributed by atoms with Gasteiger partial charge in [-0.15, -0.1) is 0 Å². The normalized spacial score (nSPS) is 12.7. The lowest BCUT2D eigenvalue weighted by atomic mass is 9.96. The summed E-state index contributed by atoms with van der Waals surface area (Å²) in [5.74, 6) is 0. The molecule has 3 rings (SSSR count). The number of aryl methyl sites for hydroxylation is 2. The van der Waals surface area contributed by atoms with Gasteiger partial charge in [-0.25, -0.2) is 0 Å². The van der Waals surface area contributed by atoms with E-state index >= 15 is 0 Å². The van der Waals surface area contributed by atoms with Gasteiger partial charge in [0.25, 0.3) is 0 Å². The van der Waals surface area contributed by atoms with Crippen LogP contribution in [0.25, 0.3) is 11.0 Å². The van der Waals surface area contributed by atoms with Crippen LogP contribution in [-0.4, -0.2) is 7.05 Å². The lowest BCUT2D eigenvalue weighted by Gasteiger charge is -2.16. The zero-order valence-electron chi connectivity index (χ0n) is 12.8. The van der Waals surface area contributed by atoms with E-state index in [4.69, 9.17) is 4.42 Å². The molecule has 1 unspecified atom stereocenters. The first-order valence-corrected chi connectivity index (χ1v) is 7.38. The first-order valence-electron chi connectivity index (χ1n) is 7.38. The second-order valence-electron chi connectivity index (χ2n) is 5.73. The Bertz CT molecular complexity index is 737. The molecule has 108 valence electrons. The average Bonchev–Trinajstić information content (AvgIpc) is 2.87. The van der Waals surface area contributed by atoms with Crippen LogP contribution in [-0.2, 0) is 6.42 Å². The third-order valence-corrected chi connectivity index (χ3v) is 3.96. The Morgan fingerprint density at radius 2 is 1.76 bits per heavy atom. The van der Waals surface area contributed by atoms with Gasteiger partial charge in [0.15, 0.2) is 0 Å². The summed E-state index contributed by atoms with van der Waals surface area (Å²) in [5.41, 5.74) is 6.17. The summed E-state index contributed by atoms with van der Waals surface area (Å²) in [6.45, 7) is 4.30. The van der Waals surface area contributed by atoms with E-state index in [1.165, 1.54) is 27.6 Å². The molecule has 2 nitrogen and oxygen atoms in total. The Morgan fingerprint density at radius 1 is 1.05 bits per heavy atom. The Balaban J connectivity index is 1.95. The molecule has 0 fully saturated rings. The highest BCUT2D eigenvalue weighted by molar-refractivity contribution is 5.81. The second kappa shape index (κ2) is 5.74. The second-order valence-corrected chi connectivity index (χ2v) is 5.73. The zero-order chi connectivity index (χ0) is 14.8. The van der Waals surface area contributed by atoms with Gasteiger partial charge in [0.1, 0.15) is 5.58 Å². The highest BCUT2D eigenvalue weighted by Gasteiger charge is 2.16. The number of hydrogen-bond acceptors (Lipinski definition) is 2. The van der Waals surface area contributed by atoms with Crippen molar-refractivity contribution in [3.05, 3.63) is 71.0 Å². The van der Waals surface area contributed by atoms with Crippen molar-refractivity contribution in [2.24, 2.45) is 0 Å². The van der Waals surface area contributed by atoms with E-state index in [9.17, 15) is 0 Å². The molecule has 1 N–H and O–H groups in total. The molecule has 0 amide bonds. The molecular weight excluding hydrogens is 258 g/mol. The van der Waals surface area contributed by atoms with Crippen molar-refractivity contribution in [1.29, 1.82) is 0 Å². The van der Waals surface area contributed by atoms with Crippen LogP contribution in [0.5, 0.6) is 0 Å². The van der Waals surface area contributed by atoms with E-state index in [1.807, 2.05) is 25.4 Å². The third-order valence-electron chi connectivity index (χ3n) is 3.96. The summed E-state index contributed by atoms with van der Waals surface area (Å²) < 4.78 is 5.68. The van der Waals surface area contributed by atoms with Crippen LogP contribution in [0.2, 0.25) is 0 Å². The fourth-order valence-corrected chi connectivity index (χ4v) is 3.06. The van der Waals surface area contributed by atoms with Crippen molar-refractivity contribution >= 4 is 11.0 Å². The molecule has 0 saturated heterocycles. The quantitative estimate of drug-likeness (QED) is 0.757. The van der Waals surface area contributed by atoms with Crippen LogP contribution in [0, 0.1) is 13.8 Å². The van der Waals surface area contributed by atoms with Gasteiger partial charge in [-0.3, -0.25) is 0 Å². The Hall–Kier alpha value is -2.06. The molecule has 1 atom stereocenters. The van der Waals surface area contributed by atoms with Gasteiger partial charge in [-0.05, 0) is 38.9 Å². The summed E-state index contributed by atoms with van der Waals surface area (Å²) in [5, 5.41) is 4.62. The van der Waals surface area contributed by atoms with Crippen molar-refractivity contribution in [1.82, 2.24) is 5.32 Å². The van der Waals surface area contributed by atoms with Crippen LogP contribution >= 0.6 is 0 Å². The predicted octanol–water partition coefficient (Wildman–Crippen LogP) is 4.55. The molecule has 0 aliphatic carbocycles. The number of benzene rings is 2. The number of rotatable bonds is 4. The number of likely N-dealkylation sites (N-methyl/N-ethyl adjacent to an activating group) is 1. The summed E-state index contributed by atoms with van der Waals surface area (Å²) in [7, 11) is 2.01. The molecule has 1 heterocycles. The standard InChI is InChI=1S/C19H21NO/c1-13-8-14(2)10-15(9-13)11-18(20-3)17-12-21-19-7-5-4-6-16(17)19/h4-10,12,18,20H,11H2,1-3H3. The van der Waals surface area contributed by atoms with Crippen LogP contribution in [0.1, 0.15) is 28.3 Å². The molecule has 3 aromatic rings. The van der Waals surface area contributed by atoms with Crippen molar-refractivity contribution < 1.29 is 4.42 Å². The van der Waals surface area contributed by atoms with Crippen molar-refractivity contribution in [2.75, 3.05) is 7.05 Å². The summed E-state index contributed by atoms with van der Waals surface area (Å²) in [4.78, 5) is 0. The predicted molar refractivity (Wildman–Crippen MR) is 87.6 cm³/mol. The molecule has 21 heavy (non-hydrogen) atoms. The summed E-state index contributed by atoms with van der Waals surface area (Å²) >= 11 is 0. The molecule has 2 aromatic carbocycles. The van der Waals surface area contributed by atoms with E-state index in [0.717, 1.165) is 12.0 Å².